The highest BCUT2D eigenvalue weighted by molar-refractivity contribution is 7.89. The molecule has 0 unspecified atom stereocenters. The van der Waals surface area contributed by atoms with Crippen LogP contribution in [0.1, 0.15) is 18.4 Å². The summed E-state index contributed by atoms with van der Waals surface area (Å²) in [5.41, 5.74) is 1.61. The first-order chi connectivity index (χ1) is 15.3. The number of carbonyl (C=O) groups is 1. The number of carbonyl (C=O) groups excluding carboxylic acids is 1. The number of piperidine rings is 1. The third kappa shape index (κ3) is 4.96. The molecule has 32 heavy (non-hydrogen) atoms. The maximum Gasteiger partial charge on any atom is 0.244 e. The third-order valence-corrected chi connectivity index (χ3v) is 8.03. The van der Waals surface area contributed by atoms with Gasteiger partial charge in [0.1, 0.15) is 17.6 Å². The van der Waals surface area contributed by atoms with E-state index in [2.05, 4.69) is 15.4 Å². The Hall–Kier alpha value is -2.46. The summed E-state index contributed by atoms with van der Waals surface area (Å²) in [7, 11) is -3.79. The van der Waals surface area contributed by atoms with Crippen LogP contribution in [0.2, 0.25) is 10.0 Å². The highest BCUT2D eigenvalue weighted by Crippen LogP contribution is 2.31. The van der Waals surface area contributed by atoms with Gasteiger partial charge < -0.3 is 5.32 Å². The highest BCUT2D eigenvalue weighted by Gasteiger charge is 2.33. The van der Waals surface area contributed by atoms with Crippen molar-refractivity contribution < 1.29 is 13.2 Å². The number of aromatic nitrogens is 3. The molecule has 1 aliphatic heterocycles. The summed E-state index contributed by atoms with van der Waals surface area (Å²) in [6, 6.07) is 11.9. The van der Waals surface area contributed by atoms with Crippen LogP contribution in [-0.4, -0.2) is 46.5 Å². The van der Waals surface area contributed by atoms with Crippen molar-refractivity contribution in [1.29, 1.82) is 0 Å². The van der Waals surface area contributed by atoms with Crippen LogP contribution in [0.25, 0.3) is 0 Å². The third-order valence-electron chi connectivity index (χ3n) is 5.41. The van der Waals surface area contributed by atoms with Crippen molar-refractivity contribution in [2.45, 2.75) is 24.3 Å². The van der Waals surface area contributed by atoms with Crippen LogP contribution in [0.4, 0.5) is 5.69 Å². The van der Waals surface area contributed by atoms with Gasteiger partial charge in [0.2, 0.25) is 15.9 Å². The molecule has 168 valence electrons. The van der Waals surface area contributed by atoms with Crippen molar-refractivity contribution in [3.8, 4) is 0 Å². The van der Waals surface area contributed by atoms with Crippen LogP contribution in [0, 0.1) is 5.92 Å². The molecule has 0 radical (unpaired) electrons. The van der Waals surface area contributed by atoms with Crippen LogP contribution in [0.3, 0.4) is 0 Å². The van der Waals surface area contributed by atoms with E-state index in [9.17, 15) is 13.2 Å². The predicted molar refractivity (Wildman–Crippen MR) is 122 cm³/mol. The molecule has 0 saturated carbocycles. The van der Waals surface area contributed by atoms with Crippen LogP contribution >= 0.6 is 23.2 Å². The number of halogens is 2. The average Bonchev–Trinajstić information content (AvgIpc) is 3.30. The number of nitrogens with one attached hydrogen (secondary N) is 1. The average molecular weight is 494 g/mol. The van der Waals surface area contributed by atoms with Gasteiger partial charge in [-0.05, 0) is 42.7 Å². The first-order valence-corrected chi connectivity index (χ1v) is 12.2. The Labute approximate surface area is 196 Å². The SMILES string of the molecule is O=C(Nc1ccccc1Cn1cncn1)C1CCN(S(=O)(=O)c2cc(Cl)ccc2Cl)CC1. The van der Waals surface area contributed by atoms with E-state index in [-0.39, 0.29) is 34.8 Å². The lowest BCUT2D eigenvalue weighted by Crippen LogP contribution is -2.41. The molecule has 1 amide bonds. The van der Waals surface area contributed by atoms with E-state index >= 15 is 0 Å². The normalized spacial score (nSPS) is 15.6. The van der Waals surface area contributed by atoms with Crippen molar-refractivity contribution >= 4 is 44.8 Å². The predicted octanol–water partition coefficient (Wildman–Crippen LogP) is 3.67. The molecule has 8 nitrogen and oxygen atoms in total. The molecular weight excluding hydrogens is 473 g/mol. The maximum absolute atomic E-state index is 13.0. The van der Waals surface area contributed by atoms with E-state index in [1.807, 2.05) is 24.3 Å². The molecule has 0 bridgehead atoms. The molecule has 0 atom stereocenters. The second-order valence-electron chi connectivity index (χ2n) is 7.49. The molecule has 11 heteroatoms. The van der Waals surface area contributed by atoms with Crippen LogP contribution in [0.15, 0.2) is 60.0 Å². The topological polar surface area (TPSA) is 97.2 Å². The quantitative estimate of drug-likeness (QED) is 0.564. The van der Waals surface area contributed by atoms with Gasteiger partial charge in [0.25, 0.3) is 0 Å². The summed E-state index contributed by atoms with van der Waals surface area (Å²) in [5, 5.41) is 7.51. The van der Waals surface area contributed by atoms with E-state index in [0.29, 0.717) is 30.1 Å². The van der Waals surface area contributed by atoms with Gasteiger partial charge >= 0.3 is 0 Å². The van der Waals surface area contributed by atoms with Crippen molar-refractivity contribution in [2.75, 3.05) is 18.4 Å². The minimum absolute atomic E-state index is 0.0170. The zero-order chi connectivity index (χ0) is 22.7. The van der Waals surface area contributed by atoms with Gasteiger partial charge in [0.15, 0.2) is 0 Å². The Kier molecular flexibility index (Phi) is 6.80. The highest BCUT2D eigenvalue weighted by atomic mass is 35.5. The number of rotatable bonds is 6. The van der Waals surface area contributed by atoms with Crippen LogP contribution < -0.4 is 5.32 Å². The lowest BCUT2D eigenvalue weighted by Gasteiger charge is -2.31. The smallest absolute Gasteiger partial charge is 0.244 e. The van der Waals surface area contributed by atoms with Gasteiger partial charge in [0.05, 0.1) is 11.6 Å². The number of anilines is 1. The maximum atomic E-state index is 13.0. The van der Waals surface area contributed by atoms with Gasteiger partial charge in [0, 0.05) is 29.7 Å². The van der Waals surface area contributed by atoms with E-state index < -0.39 is 10.0 Å². The summed E-state index contributed by atoms with van der Waals surface area (Å²) in [5.74, 6) is -0.426. The number of para-hydroxylation sites is 1. The Morgan fingerprint density at radius 3 is 2.59 bits per heavy atom. The second kappa shape index (κ2) is 9.58. The number of amides is 1. The molecule has 0 spiro atoms. The Balaban J connectivity index is 1.41. The van der Waals surface area contributed by atoms with E-state index in [4.69, 9.17) is 23.2 Å². The summed E-state index contributed by atoms with van der Waals surface area (Å²) in [4.78, 5) is 16.8. The number of nitrogens with zero attached hydrogens (tertiary/aromatic N) is 4. The minimum Gasteiger partial charge on any atom is -0.326 e. The van der Waals surface area contributed by atoms with E-state index in [0.717, 1.165) is 5.56 Å². The summed E-state index contributed by atoms with van der Waals surface area (Å²) >= 11 is 12.1. The first-order valence-electron chi connectivity index (χ1n) is 10.0. The Morgan fingerprint density at radius 2 is 1.88 bits per heavy atom. The summed E-state index contributed by atoms with van der Waals surface area (Å²) in [6.07, 6.45) is 3.89. The molecule has 2 aromatic carbocycles. The first kappa shape index (κ1) is 22.7. The van der Waals surface area contributed by atoms with Crippen molar-refractivity contribution in [3.63, 3.8) is 0 Å². The number of hydrogen-bond donors (Lipinski definition) is 1. The fraction of sp³-hybridized carbons (Fsp3) is 0.286. The Morgan fingerprint density at radius 1 is 1.12 bits per heavy atom. The number of hydrogen-bond acceptors (Lipinski definition) is 5. The zero-order valence-electron chi connectivity index (χ0n) is 17.0. The fourth-order valence-corrected chi connectivity index (χ4v) is 5.88. The van der Waals surface area contributed by atoms with Gasteiger partial charge in [-0.15, -0.1) is 0 Å². The number of benzene rings is 2. The molecule has 4 rings (SSSR count). The number of sulfonamides is 1. The molecular formula is C21H21Cl2N5O3S. The fourth-order valence-electron chi connectivity index (χ4n) is 3.68. The van der Waals surface area contributed by atoms with E-state index in [1.165, 1.54) is 22.8 Å². The van der Waals surface area contributed by atoms with Crippen molar-refractivity contribution in [3.05, 3.63) is 70.7 Å². The summed E-state index contributed by atoms with van der Waals surface area (Å²) in [6.45, 7) is 0.932. The van der Waals surface area contributed by atoms with Gasteiger partial charge in [-0.3, -0.25) is 4.79 Å². The van der Waals surface area contributed by atoms with Gasteiger partial charge in [-0.25, -0.2) is 18.1 Å². The molecule has 0 aliphatic carbocycles. The van der Waals surface area contributed by atoms with Crippen LogP contribution in [0.5, 0.6) is 0 Å². The molecule has 1 aromatic heterocycles. The summed E-state index contributed by atoms with van der Waals surface area (Å²) < 4.78 is 29.0. The van der Waals surface area contributed by atoms with Gasteiger partial charge in [-0.1, -0.05) is 41.4 Å². The van der Waals surface area contributed by atoms with E-state index in [1.54, 1.807) is 17.1 Å². The van der Waals surface area contributed by atoms with Crippen molar-refractivity contribution in [1.82, 2.24) is 19.1 Å². The lowest BCUT2D eigenvalue weighted by atomic mass is 9.97. The van der Waals surface area contributed by atoms with Gasteiger partial charge in [-0.2, -0.15) is 9.40 Å². The zero-order valence-corrected chi connectivity index (χ0v) is 19.3. The molecule has 1 aliphatic rings. The second-order valence-corrected chi connectivity index (χ2v) is 10.2. The largest absolute Gasteiger partial charge is 0.326 e. The van der Waals surface area contributed by atoms with Crippen LogP contribution in [-0.2, 0) is 21.4 Å². The molecule has 3 aromatic rings. The molecule has 1 N–H and O–H groups in total. The Bertz CT molecular complexity index is 1210. The molecule has 1 saturated heterocycles. The standard InChI is InChI=1S/C21H21Cl2N5O3S/c22-17-5-6-18(23)20(11-17)32(30,31)28-9-7-15(8-10-28)21(29)26-19-4-2-1-3-16(19)12-27-14-24-13-25-27/h1-6,11,13-15H,7-10,12H2,(H,26,29). The molecule has 2 heterocycles. The minimum atomic E-state index is -3.79. The lowest BCUT2D eigenvalue weighted by molar-refractivity contribution is -0.120. The molecule has 1 fully saturated rings. The van der Waals surface area contributed by atoms with Crippen molar-refractivity contribution in [2.24, 2.45) is 5.92 Å². The monoisotopic (exact) mass is 493 g/mol.